The Kier molecular flexibility index (Phi) is 3.32. The van der Waals surface area contributed by atoms with Crippen molar-refractivity contribution < 1.29 is 29.3 Å². The van der Waals surface area contributed by atoms with Crippen LogP contribution in [0.3, 0.4) is 0 Å². The van der Waals surface area contributed by atoms with Gasteiger partial charge in [-0.1, -0.05) is 0 Å². The number of aliphatic hydroxyl groups is 2. The summed E-state index contributed by atoms with van der Waals surface area (Å²) in [4.78, 5) is 25.8. The van der Waals surface area contributed by atoms with Crippen LogP contribution in [-0.4, -0.2) is 64.7 Å². The Balaban J connectivity index is 2.53. The van der Waals surface area contributed by atoms with E-state index in [4.69, 9.17) is 14.6 Å². The molecule has 7 heteroatoms. The Bertz CT molecular complexity index is 409. The highest BCUT2D eigenvalue weighted by molar-refractivity contribution is 5.96. The van der Waals surface area contributed by atoms with Crippen LogP contribution in [0.15, 0.2) is 0 Å². The standard InChI is InChI=1S/C12H19NO6/c1-7-13-9(15)8(4-5-14)11(2,17)12(13,6-19-7)10(16)18-3/h7-8,14,17H,4-6H2,1-3H3/t7-,8+,11+,12+/m1/s1. The number of methoxy groups -OCH3 is 1. The normalized spacial score (nSPS) is 41.5. The monoisotopic (exact) mass is 273 g/mol. The topological polar surface area (TPSA) is 96.3 Å². The predicted molar refractivity (Wildman–Crippen MR) is 62.8 cm³/mol. The van der Waals surface area contributed by atoms with Gasteiger partial charge in [-0.3, -0.25) is 9.69 Å². The number of hydrogen-bond donors (Lipinski definition) is 2. The van der Waals surface area contributed by atoms with Gasteiger partial charge in [0.15, 0.2) is 5.54 Å². The zero-order valence-corrected chi connectivity index (χ0v) is 11.3. The maximum Gasteiger partial charge on any atom is 0.337 e. The van der Waals surface area contributed by atoms with Crippen molar-refractivity contribution >= 4 is 11.9 Å². The maximum absolute atomic E-state index is 12.4. The molecule has 108 valence electrons. The van der Waals surface area contributed by atoms with E-state index in [1.807, 2.05) is 0 Å². The molecular weight excluding hydrogens is 254 g/mol. The summed E-state index contributed by atoms with van der Waals surface area (Å²) in [5.74, 6) is -1.94. The first-order chi connectivity index (χ1) is 8.84. The molecule has 2 aliphatic heterocycles. The van der Waals surface area contributed by atoms with Gasteiger partial charge in [-0.15, -0.1) is 0 Å². The predicted octanol–water partition coefficient (Wildman–Crippen LogP) is -1.13. The van der Waals surface area contributed by atoms with Crippen LogP contribution >= 0.6 is 0 Å². The average molecular weight is 273 g/mol. The van der Waals surface area contributed by atoms with Crippen LogP contribution in [0.2, 0.25) is 0 Å². The van der Waals surface area contributed by atoms with E-state index in [-0.39, 0.29) is 19.6 Å². The highest BCUT2D eigenvalue weighted by Gasteiger charge is 2.73. The molecule has 2 aliphatic rings. The second-order valence-corrected chi connectivity index (χ2v) is 5.18. The molecular formula is C12H19NO6. The van der Waals surface area contributed by atoms with E-state index in [1.165, 1.54) is 18.9 Å². The highest BCUT2D eigenvalue weighted by Crippen LogP contribution is 2.49. The largest absolute Gasteiger partial charge is 0.467 e. The number of amides is 1. The van der Waals surface area contributed by atoms with Gasteiger partial charge < -0.3 is 19.7 Å². The molecule has 2 N–H and O–H groups in total. The third-order valence-electron chi connectivity index (χ3n) is 4.30. The first-order valence-corrected chi connectivity index (χ1v) is 6.21. The molecule has 2 fully saturated rings. The fourth-order valence-corrected chi connectivity index (χ4v) is 3.22. The van der Waals surface area contributed by atoms with Gasteiger partial charge in [0.2, 0.25) is 5.91 Å². The summed E-state index contributed by atoms with van der Waals surface area (Å²) in [6.45, 7) is 2.71. The Morgan fingerprint density at radius 1 is 1.63 bits per heavy atom. The number of fused-ring (bicyclic) bond motifs is 1. The fourth-order valence-electron chi connectivity index (χ4n) is 3.22. The van der Waals surface area contributed by atoms with Crippen molar-refractivity contribution in [1.29, 1.82) is 0 Å². The number of ether oxygens (including phenoxy) is 2. The molecule has 0 unspecified atom stereocenters. The molecule has 4 atom stereocenters. The van der Waals surface area contributed by atoms with Crippen molar-refractivity contribution in [3.05, 3.63) is 0 Å². The molecule has 2 saturated heterocycles. The van der Waals surface area contributed by atoms with Gasteiger partial charge in [0.05, 0.1) is 19.6 Å². The smallest absolute Gasteiger partial charge is 0.337 e. The lowest BCUT2D eigenvalue weighted by Crippen LogP contribution is -2.63. The van der Waals surface area contributed by atoms with Crippen molar-refractivity contribution in [2.75, 3.05) is 20.3 Å². The summed E-state index contributed by atoms with van der Waals surface area (Å²) in [6, 6.07) is 0. The molecule has 0 aliphatic carbocycles. The number of nitrogens with zero attached hydrogens (tertiary/aromatic N) is 1. The Labute approximate surface area is 111 Å². The van der Waals surface area contributed by atoms with E-state index in [9.17, 15) is 14.7 Å². The van der Waals surface area contributed by atoms with Gasteiger partial charge in [0.25, 0.3) is 0 Å². The quantitative estimate of drug-likeness (QED) is 0.631. The minimum atomic E-state index is -1.65. The highest BCUT2D eigenvalue weighted by atomic mass is 16.6. The number of aliphatic hydroxyl groups excluding tert-OH is 1. The number of hydrogen-bond acceptors (Lipinski definition) is 6. The summed E-state index contributed by atoms with van der Waals surface area (Å²) >= 11 is 0. The molecule has 0 radical (unpaired) electrons. The Morgan fingerprint density at radius 2 is 2.26 bits per heavy atom. The molecule has 0 saturated carbocycles. The van der Waals surface area contributed by atoms with Gasteiger partial charge in [-0.25, -0.2) is 4.79 Å². The third-order valence-corrected chi connectivity index (χ3v) is 4.30. The number of carbonyl (C=O) groups excluding carboxylic acids is 2. The number of rotatable bonds is 3. The van der Waals surface area contributed by atoms with Gasteiger partial charge in [0.1, 0.15) is 11.8 Å². The molecule has 0 aromatic rings. The first kappa shape index (κ1) is 14.2. The summed E-state index contributed by atoms with van der Waals surface area (Å²) in [5.41, 5.74) is -3.18. The number of esters is 1. The Morgan fingerprint density at radius 3 is 2.79 bits per heavy atom. The zero-order chi connectivity index (χ0) is 14.4. The summed E-state index contributed by atoms with van der Waals surface area (Å²) in [7, 11) is 1.21. The van der Waals surface area contributed by atoms with E-state index < -0.39 is 35.2 Å². The third kappa shape index (κ3) is 1.55. The van der Waals surface area contributed by atoms with E-state index in [1.54, 1.807) is 6.92 Å². The minimum absolute atomic E-state index is 0.0911. The molecule has 0 aromatic heterocycles. The van der Waals surface area contributed by atoms with Crippen molar-refractivity contribution in [3.8, 4) is 0 Å². The molecule has 0 spiro atoms. The summed E-state index contributed by atoms with van der Waals surface area (Å²) in [5, 5.41) is 19.8. The lowest BCUT2D eigenvalue weighted by molar-refractivity contribution is -0.166. The Hall–Kier alpha value is -1.18. The van der Waals surface area contributed by atoms with Crippen LogP contribution < -0.4 is 0 Å². The van der Waals surface area contributed by atoms with Crippen LogP contribution in [0.1, 0.15) is 20.3 Å². The molecule has 1 amide bonds. The van der Waals surface area contributed by atoms with E-state index in [0.29, 0.717) is 0 Å². The van der Waals surface area contributed by atoms with Crippen LogP contribution in [0.5, 0.6) is 0 Å². The van der Waals surface area contributed by atoms with E-state index in [0.717, 1.165) is 0 Å². The van der Waals surface area contributed by atoms with Crippen LogP contribution in [0.25, 0.3) is 0 Å². The van der Waals surface area contributed by atoms with Gasteiger partial charge >= 0.3 is 5.97 Å². The van der Waals surface area contributed by atoms with Gasteiger partial charge in [-0.2, -0.15) is 0 Å². The van der Waals surface area contributed by atoms with Crippen molar-refractivity contribution in [2.24, 2.45) is 5.92 Å². The second kappa shape index (κ2) is 4.43. The molecule has 0 aromatic carbocycles. The fraction of sp³-hybridized carbons (Fsp3) is 0.833. The van der Waals surface area contributed by atoms with Gasteiger partial charge in [-0.05, 0) is 20.3 Å². The second-order valence-electron chi connectivity index (χ2n) is 5.18. The lowest BCUT2D eigenvalue weighted by Gasteiger charge is -2.37. The molecule has 0 bridgehead atoms. The molecule has 2 heterocycles. The van der Waals surface area contributed by atoms with Crippen molar-refractivity contribution in [2.45, 2.75) is 37.6 Å². The van der Waals surface area contributed by atoms with E-state index in [2.05, 4.69) is 0 Å². The summed E-state index contributed by atoms with van der Waals surface area (Å²) in [6.07, 6.45) is -0.518. The lowest BCUT2D eigenvalue weighted by atomic mass is 9.76. The zero-order valence-electron chi connectivity index (χ0n) is 11.3. The minimum Gasteiger partial charge on any atom is -0.467 e. The first-order valence-electron chi connectivity index (χ1n) is 6.21. The SMILES string of the molecule is COC(=O)[C@]12CO[C@H](C)N1C(=O)[C@H](CCO)[C@]2(C)O. The maximum atomic E-state index is 12.4. The molecule has 2 rings (SSSR count). The van der Waals surface area contributed by atoms with Gasteiger partial charge in [0, 0.05) is 6.61 Å². The van der Waals surface area contributed by atoms with Crippen LogP contribution in [0.4, 0.5) is 0 Å². The van der Waals surface area contributed by atoms with Crippen molar-refractivity contribution in [1.82, 2.24) is 4.90 Å². The van der Waals surface area contributed by atoms with Crippen LogP contribution in [-0.2, 0) is 19.1 Å². The molecule has 7 nitrogen and oxygen atoms in total. The van der Waals surface area contributed by atoms with Crippen LogP contribution in [0, 0.1) is 5.92 Å². The van der Waals surface area contributed by atoms with E-state index >= 15 is 0 Å². The summed E-state index contributed by atoms with van der Waals surface area (Å²) < 4.78 is 10.1. The van der Waals surface area contributed by atoms with Crippen molar-refractivity contribution in [3.63, 3.8) is 0 Å². The average Bonchev–Trinajstić information content (AvgIpc) is 2.79. The molecule has 19 heavy (non-hydrogen) atoms. The number of carbonyl (C=O) groups is 2.